The van der Waals surface area contributed by atoms with E-state index in [4.69, 9.17) is 9.31 Å². The zero-order chi connectivity index (χ0) is 17.9. The van der Waals surface area contributed by atoms with Gasteiger partial charge in [-0.1, -0.05) is 12.1 Å². The molecule has 0 N–H and O–H groups in total. The second-order valence-corrected chi connectivity index (χ2v) is 9.01. The topological polar surface area (TPSA) is 38.8 Å². The molecule has 0 radical (unpaired) electrons. The van der Waals surface area contributed by atoms with E-state index >= 15 is 0 Å². The van der Waals surface area contributed by atoms with Crippen LogP contribution in [0.1, 0.15) is 63.7 Å². The lowest BCUT2D eigenvalue weighted by Gasteiger charge is -2.32. The molecule has 0 atom stereocenters. The van der Waals surface area contributed by atoms with Crippen molar-refractivity contribution >= 4 is 18.5 Å². The normalized spacial score (nSPS) is 26.1. The van der Waals surface area contributed by atoms with E-state index in [0.29, 0.717) is 5.41 Å². The van der Waals surface area contributed by atoms with E-state index in [2.05, 4.69) is 0 Å². The number of amides is 1. The maximum atomic E-state index is 12.9. The van der Waals surface area contributed by atoms with Crippen LogP contribution in [0.5, 0.6) is 0 Å². The van der Waals surface area contributed by atoms with Crippen molar-refractivity contribution in [3.63, 3.8) is 0 Å². The van der Waals surface area contributed by atoms with Gasteiger partial charge in [-0.05, 0) is 76.4 Å². The first kappa shape index (κ1) is 17.1. The molecular formula is C20H28BNO3. The van der Waals surface area contributed by atoms with Gasteiger partial charge in [-0.25, -0.2) is 0 Å². The molecule has 134 valence electrons. The Kier molecular flexibility index (Phi) is 3.82. The highest BCUT2D eigenvalue weighted by molar-refractivity contribution is 6.62. The number of piperidine rings is 1. The van der Waals surface area contributed by atoms with Crippen LogP contribution in [0.2, 0.25) is 0 Å². The lowest BCUT2D eigenvalue weighted by molar-refractivity contribution is 0.00578. The summed E-state index contributed by atoms with van der Waals surface area (Å²) in [5.41, 5.74) is 1.49. The number of nitrogens with zero attached hydrogens (tertiary/aromatic N) is 1. The lowest BCUT2D eigenvalue weighted by atomic mass is 9.78. The summed E-state index contributed by atoms with van der Waals surface area (Å²) in [6.45, 7) is 9.96. The molecule has 2 aliphatic heterocycles. The SMILES string of the molecule is CC1(C)OB(c2cccc(C(=O)N3CCC4(CC3)CC4)c2)OC1(C)C. The average molecular weight is 341 g/mol. The van der Waals surface area contributed by atoms with Crippen molar-refractivity contribution < 1.29 is 14.1 Å². The van der Waals surface area contributed by atoms with E-state index < -0.39 is 7.12 Å². The average Bonchev–Trinajstić information content (AvgIpc) is 3.28. The Morgan fingerprint density at radius 2 is 1.60 bits per heavy atom. The quantitative estimate of drug-likeness (QED) is 0.777. The summed E-state index contributed by atoms with van der Waals surface area (Å²) in [5, 5.41) is 0. The largest absolute Gasteiger partial charge is 0.494 e. The highest BCUT2D eigenvalue weighted by atomic mass is 16.7. The summed E-state index contributed by atoms with van der Waals surface area (Å²) >= 11 is 0. The summed E-state index contributed by atoms with van der Waals surface area (Å²) in [6, 6.07) is 7.75. The molecule has 1 saturated carbocycles. The van der Waals surface area contributed by atoms with Crippen molar-refractivity contribution in [2.24, 2.45) is 5.41 Å². The van der Waals surface area contributed by atoms with Gasteiger partial charge in [-0.2, -0.15) is 0 Å². The van der Waals surface area contributed by atoms with Crippen molar-refractivity contribution in [2.75, 3.05) is 13.1 Å². The van der Waals surface area contributed by atoms with Gasteiger partial charge in [0, 0.05) is 18.7 Å². The minimum absolute atomic E-state index is 0.133. The van der Waals surface area contributed by atoms with Crippen molar-refractivity contribution in [1.29, 1.82) is 0 Å². The summed E-state index contributed by atoms with van der Waals surface area (Å²) in [7, 11) is -0.422. The second-order valence-electron chi connectivity index (χ2n) is 9.01. The molecular weight excluding hydrogens is 313 g/mol. The van der Waals surface area contributed by atoms with Gasteiger partial charge in [0.25, 0.3) is 5.91 Å². The Bertz CT molecular complexity index is 670. The molecule has 1 amide bonds. The van der Waals surface area contributed by atoms with Crippen molar-refractivity contribution in [2.45, 2.75) is 64.6 Å². The maximum absolute atomic E-state index is 12.9. The number of hydrogen-bond acceptors (Lipinski definition) is 3. The number of benzene rings is 1. The third kappa shape index (κ3) is 3.02. The number of likely N-dealkylation sites (tertiary alicyclic amines) is 1. The van der Waals surface area contributed by atoms with E-state index in [1.807, 2.05) is 56.9 Å². The molecule has 0 aromatic heterocycles. The molecule has 1 aliphatic carbocycles. The van der Waals surface area contributed by atoms with Crippen LogP contribution in [0.4, 0.5) is 0 Å². The maximum Gasteiger partial charge on any atom is 0.494 e. The van der Waals surface area contributed by atoms with Crippen LogP contribution in [0.15, 0.2) is 24.3 Å². The molecule has 3 aliphatic rings. The van der Waals surface area contributed by atoms with Crippen LogP contribution in [0.3, 0.4) is 0 Å². The van der Waals surface area contributed by atoms with Crippen LogP contribution in [-0.2, 0) is 9.31 Å². The summed E-state index contributed by atoms with van der Waals surface area (Å²) in [6.07, 6.45) is 5.03. The molecule has 1 aromatic rings. The summed E-state index contributed by atoms with van der Waals surface area (Å²) < 4.78 is 12.2. The van der Waals surface area contributed by atoms with Gasteiger partial charge in [-0.3, -0.25) is 4.79 Å². The van der Waals surface area contributed by atoms with Gasteiger partial charge in [0.15, 0.2) is 0 Å². The fourth-order valence-corrected chi connectivity index (χ4v) is 3.84. The van der Waals surface area contributed by atoms with E-state index in [-0.39, 0.29) is 17.1 Å². The Morgan fingerprint density at radius 1 is 1.00 bits per heavy atom. The highest BCUT2D eigenvalue weighted by Gasteiger charge is 2.51. The van der Waals surface area contributed by atoms with Gasteiger partial charge in [0.1, 0.15) is 0 Å². The first-order chi connectivity index (χ1) is 11.7. The van der Waals surface area contributed by atoms with E-state index in [9.17, 15) is 4.79 Å². The fraction of sp³-hybridized carbons (Fsp3) is 0.650. The van der Waals surface area contributed by atoms with Crippen LogP contribution in [0, 0.1) is 5.41 Å². The fourth-order valence-electron chi connectivity index (χ4n) is 3.84. The molecule has 1 spiro atoms. The van der Waals surface area contributed by atoms with Crippen LogP contribution in [-0.4, -0.2) is 42.2 Å². The van der Waals surface area contributed by atoms with E-state index in [0.717, 1.165) is 37.0 Å². The molecule has 0 unspecified atom stereocenters. The monoisotopic (exact) mass is 341 g/mol. The van der Waals surface area contributed by atoms with Gasteiger partial charge < -0.3 is 14.2 Å². The third-order valence-corrected chi connectivity index (χ3v) is 6.73. The molecule has 5 heteroatoms. The molecule has 4 nitrogen and oxygen atoms in total. The number of hydrogen-bond donors (Lipinski definition) is 0. The van der Waals surface area contributed by atoms with Crippen molar-refractivity contribution in [3.8, 4) is 0 Å². The molecule has 25 heavy (non-hydrogen) atoms. The number of carbonyl (C=O) groups excluding carboxylic acids is 1. The second kappa shape index (κ2) is 5.58. The summed E-state index contributed by atoms with van der Waals surface area (Å²) in [4.78, 5) is 14.9. The Morgan fingerprint density at radius 3 is 2.16 bits per heavy atom. The minimum Gasteiger partial charge on any atom is -0.399 e. The van der Waals surface area contributed by atoms with Crippen LogP contribution < -0.4 is 5.46 Å². The summed E-state index contributed by atoms with van der Waals surface area (Å²) in [5.74, 6) is 0.133. The standard InChI is InChI=1S/C20H28BNO3/c1-18(2)19(3,4)25-21(24-18)16-7-5-6-15(14-16)17(23)22-12-10-20(8-9-20)11-13-22/h5-7,14H,8-13H2,1-4H3. The van der Waals surface area contributed by atoms with Gasteiger partial charge in [0.2, 0.25) is 0 Å². The zero-order valence-corrected chi connectivity index (χ0v) is 15.8. The number of rotatable bonds is 2. The minimum atomic E-state index is -0.422. The van der Waals surface area contributed by atoms with Gasteiger partial charge >= 0.3 is 7.12 Å². The van der Waals surface area contributed by atoms with E-state index in [1.165, 1.54) is 12.8 Å². The molecule has 1 aromatic carbocycles. The van der Waals surface area contributed by atoms with Gasteiger partial charge in [-0.15, -0.1) is 0 Å². The first-order valence-electron chi connectivity index (χ1n) is 9.46. The van der Waals surface area contributed by atoms with Gasteiger partial charge in [0.05, 0.1) is 11.2 Å². The van der Waals surface area contributed by atoms with Crippen LogP contribution >= 0.6 is 0 Å². The molecule has 2 saturated heterocycles. The zero-order valence-electron chi connectivity index (χ0n) is 15.8. The first-order valence-corrected chi connectivity index (χ1v) is 9.46. The molecule has 0 bridgehead atoms. The molecule has 3 fully saturated rings. The predicted molar refractivity (Wildman–Crippen MR) is 99.0 cm³/mol. The Hall–Kier alpha value is -1.33. The lowest BCUT2D eigenvalue weighted by Crippen LogP contribution is -2.41. The predicted octanol–water partition coefficient (Wildman–Crippen LogP) is 3.00. The smallest absolute Gasteiger partial charge is 0.399 e. The van der Waals surface area contributed by atoms with E-state index in [1.54, 1.807) is 0 Å². The van der Waals surface area contributed by atoms with Crippen LogP contribution in [0.25, 0.3) is 0 Å². The molecule has 2 heterocycles. The van der Waals surface area contributed by atoms with Crippen molar-refractivity contribution in [3.05, 3.63) is 29.8 Å². The number of carbonyl (C=O) groups is 1. The molecule has 4 rings (SSSR count). The highest BCUT2D eigenvalue weighted by Crippen LogP contribution is 2.53. The Balaban J connectivity index is 1.49. The third-order valence-electron chi connectivity index (χ3n) is 6.73. The van der Waals surface area contributed by atoms with Crippen molar-refractivity contribution in [1.82, 2.24) is 4.90 Å². The Labute approximate surface area is 151 Å².